The van der Waals surface area contributed by atoms with Gasteiger partial charge in [0.1, 0.15) is 18.1 Å². The van der Waals surface area contributed by atoms with Crippen LogP contribution in [0.15, 0.2) is 54.7 Å². The molecule has 1 aliphatic rings. The van der Waals surface area contributed by atoms with Crippen LogP contribution >= 0.6 is 0 Å². The molecule has 2 aromatic carbocycles. The molecule has 4 rings (SSSR count). The van der Waals surface area contributed by atoms with Gasteiger partial charge in [-0.05, 0) is 42.3 Å². The summed E-state index contributed by atoms with van der Waals surface area (Å²) >= 11 is 0. The van der Waals surface area contributed by atoms with E-state index in [1.807, 2.05) is 48.5 Å². The minimum Gasteiger partial charge on any atom is -0.497 e. The molecule has 0 bridgehead atoms. The van der Waals surface area contributed by atoms with Crippen LogP contribution in [0.3, 0.4) is 0 Å². The van der Waals surface area contributed by atoms with Crippen LogP contribution in [-0.2, 0) is 11.2 Å². The highest BCUT2D eigenvalue weighted by Gasteiger charge is 2.26. The van der Waals surface area contributed by atoms with Gasteiger partial charge in [-0.3, -0.25) is 9.78 Å². The third kappa shape index (κ3) is 3.13. The number of carbonyl (C=O) groups is 1. The first-order valence-electron chi connectivity index (χ1n) is 8.18. The number of methoxy groups -OCH3 is 1. The molecule has 0 radical (unpaired) electrons. The number of carbonyl (C=O) groups excluding carboxylic acids is 1. The van der Waals surface area contributed by atoms with E-state index in [-0.39, 0.29) is 11.8 Å². The Bertz CT molecular complexity index is 939. The van der Waals surface area contributed by atoms with Crippen molar-refractivity contribution in [2.75, 3.05) is 19.0 Å². The molecule has 1 aliphatic heterocycles. The van der Waals surface area contributed by atoms with Crippen molar-refractivity contribution in [1.82, 2.24) is 4.98 Å². The molecule has 1 amide bonds. The smallest absolute Gasteiger partial charge is 0.231 e. The number of nitrogens with one attached hydrogen (secondary N) is 1. The van der Waals surface area contributed by atoms with Crippen molar-refractivity contribution >= 4 is 22.5 Å². The molecule has 1 atom stereocenters. The summed E-state index contributed by atoms with van der Waals surface area (Å²) < 4.78 is 11.0. The van der Waals surface area contributed by atoms with Gasteiger partial charge in [-0.25, -0.2) is 0 Å². The second kappa shape index (κ2) is 6.43. The van der Waals surface area contributed by atoms with Crippen LogP contribution in [0.1, 0.15) is 5.56 Å². The second-order valence-corrected chi connectivity index (χ2v) is 6.09. The number of nitrogens with zero attached hydrogens (tertiary/aromatic N) is 1. The number of benzene rings is 2. The Kier molecular flexibility index (Phi) is 3.98. The number of hydrogen-bond donors (Lipinski definition) is 1. The molecular weight excluding hydrogens is 316 g/mol. The van der Waals surface area contributed by atoms with E-state index in [4.69, 9.17) is 9.47 Å². The van der Waals surface area contributed by atoms with Gasteiger partial charge in [-0.1, -0.05) is 18.2 Å². The van der Waals surface area contributed by atoms with Crippen molar-refractivity contribution in [3.05, 3.63) is 60.3 Å². The van der Waals surface area contributed by atoms with Crippen molar-refractivity contribution in [3.8, 4) is 11.5 Å². The standard InChI is InChI=1S/C20H18N2O3/c1-24-17-6-7-19-14(10-17)8-15(12-25-19)20(23)22-16-9-13-4-2-3-5-18(13)21-11-16/h2-7,9-11,15H,8,12H2,1H3,(H,22,23). The maximum atomic E-state index is 12.6. The summed E-state index contributed by atoms with van der Waals surface area (Å²) in [5.74, 6) is 1.27. The lowest BCUT2D eigenvalue weighted by Crippen LogP contribution is -2.32. The topological polar surface area (TPSA) is 60.5 Å². The average molecular weight is 334 g/mol. The van der Waals surface area contributed by atoms with Crippen LogP contribution in [-0.4, -0.2) is 24.6 Å². The molecule has 25 heavy (non-hydrogen) atoms. The van der Waals surface area contributed by atoms with Crippen LogP contribution in [0.2, 0.25) is 0 Å². The lowest BCUT2D eigenvalue weighted by atomic mass is 9.95. The van der Waals surface area contributed by atoms with Crippen molar-refractivity contribution < 1.29 is 14.3 Å². The van der Waals surface area contributed by atoms with Gasteiger partial charge in [0.2, 0.25) is 5.91 Å². The largest absolute Gasteiger partial charge is 0.497 e. The number of amides is 1. The van der Waals surface area contributed by atoms with Crippen LogP contribution in [0.25, 0.3) is 10.9 Å². The number of rotatable bonds is 3. The fourth-order valence-electron chi connectivity index (χ4n) is 3.05. The zero-order valence-electron chi connectivity index (χ0n) is 13.9. The zero-order chi connectivity index (χ0) is 17.2. The monoisotopic (exact) mass is 334 g/mol. The predicted octanol–water partition coefficient (Wildman–Crippen LogP) is 3.43. The molecule has 1 aromatic heterocycles. The van der Waals surface area contributed by atoms with Crippen LogP contribution in [0.4, 0.5) is 5.69 Å². The van der Waals surface area contributed by atoms with Gasteiger partial charge >= 0.3 is 0 Å². The highest BCUT2D eigenvalue weighted by molar-refractivity contribution is 5.95. The average Bonchev–Trinajstić information content (AvgIpc) is 2.67. The van der Waals surface area contributed by atoms with E-state index in [9.17, 15) is 4.79 Å². The lowest BCUT2D eigenvalue weighted by molar-refractivity contribution is -0.121. The van der Waals surface area contributed by atoms with Crippen LogP contribution in [0, 0.1) is 5.92 Å². The van der Waals surface area contributed by atoms with Gasteiger partial charge in [0.25, 0.3) is 0 Å². The van der Waals surface area contributed by atoms with E-state index in [2.05, 4.69) is 10.3 Å². The quantitative estimate of drug-likeness (QED) is 0.797. The van der Waals surface area contributed by atoms with Crippen molar-refractivity contribution in [2.24, 2.45) is 5.92 Å². The van der Waals surface area contributed by atoms with Crippen molar-refractivity contribution in [3.63, 3.8) is 0 Å². The number of hydrogen-bond acceptors (Lipinski definition) is 4. The van der Waals surface area contributed by atoms with Gasteiger partial charge in [0.05, 0.1) is 30.4 Å². The Morgan fingerprint density at radius 3 is 3.00 bits per heavy atom. The highest BCUT2D eigenvalue weighted by atomic mass is 16.5. The summed E-state index contributed by atoms with van der Waals surface area (Å²) in [5.41, 5.74) is 2.59. The van der Waals surface area contributed by atoms with Gasteiger partial charge in [-0.15, -0.1) is 0 Å². The van der Waals surface area contributed by atoms with Gasteiger partial charge in [0, 0.05) is 5.39 Å². The predicted molar refractivity (Wildman–Crippen MR) is 96.1 cm³/mol. The number of pyridine rings is 1. The Morgan fingerprint density at radius 2 is 2.12 bits per heavy atom. The molecule has 3 aromatic rings. The molecule has 5 heteroatoms. The Morgan fingerprint density at radius 1 is 1.24 bits per heavy atom. The van der Waals surface area contributed by atoms with Gasteiger partial charge in [-0.2, -0.15) is 0 Å². The van der Waals surface area contributed by atoms with Crippen LogP contribution < -0.4 is 14.8 Å². The fourth-order valence-corrected chi connectivity index (χ4v) is 3.05. The SMILES string of the molecule is COc1ccc2c(c1)CC(C(=O)Nc1cnc3ccccc3c1)CO2. The molecule has 0 spiro atoms. The minimum absolute atomic E-state index is 0.0643. The second-order valence-electron chi connectivity index (χ2n) is 6.09. The molecule has 5 nitrogen and oxygen atoms in total. The molecule has 1 N–H and O–H groups in total. The third-order valence-electron chi connectivity index (χ3n) is 4.40. The lowest BCUT2D eigenvalue weighted by Gasteiger charge is -2.25. The molecule has 2 heterocycles. The zero-order valence-corrected chi connectivity index (χ0v) is 13.9. The maximum Gasteiger partial charge on any atom is 0.231 e. The first-order valence-corrected chi connectivity index (χ1v) is 8.18. The van der Waals surface area contributed by atoms with E-state index >= 15 is 0 Å². The molecular formula is C20H18N2O3. The van der Waals surface area contributed by atoms with E-state index in [1.54, 1.807) is 13.3 Å². The van der Waals surface area contributed by atoms with Crippen LogP contribution in [0.5, 0.6) is 11.5 Å². The first kappa shape index (κ1) is 15.4. The molecule has 1 unspecified atom stereocenters. The summed E-state index contributed by atoms with van der Waals surface area (Å²) in [6.45, 7) is 0.367. The van der Waals surface area contributed by atoms with E-state index in [0.717, 1.165) is 28.0 Å². The molecule has 0 saturated carbocycles. The van der Waals surface area contributed by atoms with Gasteiger partial charge < -0.3 is 14.8 Å². The summed E-state index contributed by atoms with van der Waals surface area (Å²) in [6, 6.07) is 15.4. The van der Waals surface area contributed by atoms with E-state index in [1.165, 1.54) is 0 Å². The normalized spacial score (nSPS) is 16.0. The first-order chi connectivity index (χ1) is 12.2. The summed E-state index contributed by atoms with van der Waals surface area (Å²) in [7, 11) is 1.63. The summed E-state index contributed by atoms with van der Waals surface area (Å²) in [6.07, 6.45) is 2.31. The summed E-state index contributed by atoms with van der Waals surface area (Å²) in [4.78, 5) is 17.0. The number of anilines is 1. The molecule has 126 valence electrons. The molecule has 0 fully saturated rings. The number of fused-ring (bicyclic) bond motifs is 2. The maximum absolute atomic E-state index is 12.6. The number of para-hydroxylation sites is 1. The van der Waals surface area contributed by atoms with Gasteiger partial charge in [0.15, 0.2) is 0 Å². The highest BCUT2D eigenvalue weighted by Crippen LogP contribution is 2.31. The fraction of sp³-hybridized carbons (Fsp3) is 0.200. The minimum atomic E-state index is -0.244. The molecule has 0 saturated heterocycles. The van der Waals surface area contributed by atoms with E-state index < -0.39 is 0 Å². The van der Waals surface area contributed by atoms with E-state index in [0.29, 0.717) is 18.7 Å². The summed E-state index contributed by atoms with van der Waals surface area (Å²) in [5, 5.41) is 3.95. The Labute approximate surface area is 145 Å². The third-order valence-corrected chi connectivity index (χ3v) is 4.40. The Balaban J connectivity index is 1.50. The van der Waals surface area contributed by atoms with Crippen molar-refractivity contribution in [2.45, 2.75) is 6.42 Å². The van der Waals surface area contributed by atoms with Crippen molar-refractivity contribution in [1.29, 1.82) is 0 Å². The number of aromatic nitrogens is 1. The number of ether oxygens (including phenoxy) is 2. The molecule has 0 aliphatic carbocycles. The Hall–Kier alpha value is -3.08.